The van der Waals surface area contributed by atoms with Gasteiger partial charge >= 0.3 is 0 Å². The van der Waals surface area contributed by atoms with Crippen molar-refractivity contribution in [2.45, 2.75) is 33.2 Å². The molecule has 0 aromatic heterocycles. The first-order valence-corrected chi connectivity index (χ1v) is 3.33. The lowest BCUT2D eigenvalue weighted by atomic mass is 9.91. The zero-order valence-electron chi connectivity index (χ0n) is 6.40. The fraction of sp³-hybridized carbons (Fsp3) is 1.00. The molecule has 1 nitrogen and oxygen atoms in total. The summed E-state index contributed by atoms with van der Waals surface area (Å²) in [7, 11) is 0. The van der Waals surface area contributed by atoms with Crippen LogP contribution in [0.1, 0.15) is 27.2 Å². The fourth-order valence-electron chi connectivity index (χ4n) is 1.42. The van der Waals surface area contributed by atoms with Crippen molar-refractivity contribution in [3.63, 3.8) is 0 Å². The number of rotatable bonds is 0. The van der Waals surface area contributed by atoms with E-state index in [4.69, 9.17) is 0 Å². The lowest BCUT2D eigenvalue weighted by Crippen LogP contribution is -2.18. The topological polar surface area (TPSA) is 12.0 Å². The van der Waals surface area contributed by atoms with Crippen LogP contribution in [0.2, 0.25) is 0 Å². The smallest absolute Gasteiger partial charge is 0.00445 e. The largest absolute Gasteiger partial charge is 0.314 e. The van der Waals surface area contributed by atoms with Gasteiger partial charge in [-0.3, -0.25) is 0 Å². The molecule has 0 aliphatic carbocycles. The molecule has 0 aromatic rings. The number of hydrogen-bond acceptors (Lipinski definition) is 1. The molecule has 9 heavy (non-hydrogen) atoms. The van der Waals surface area contributed by atoms with Crippen molar-refractivity contribution in [2.75, 3.05) is 6.54 Å². The Kier molecular flexibility index (Phi) is 2.97. The van der Waals surface area contributed by atoms with Crippen molar-refractivity contribution in [1.29, 1.82) is 0 Å². The molecule has 1 aliphatic rings. The average Bonchev–Trinajstić information content (AvgIpc) is 1.82. The third-order valence-electron chi connectivity index (χ3n) is 1.79. The van der Waals surface area contributed by atoms with Gasteiger partial charge in [0.05, 0.1) is 0 Å². The predicted octanol–water partition coefficient (Wildman–Crippen LogP) is 1.82. The summed E-state index contributed by atoms with van der Waals surface area (Å²) in [6.07, 6.45) is 1.33. The van der Waals surface area contributed by atoms with Crippen LogP contribution < -0.4 is 5.32 Å². The van der Waals surface area contributed by atoms with Gasteiger partial charge in [-0.05, 0) is 18.8 Å². The third-order valence-corrected chi connectivity index (χ3v) is 1.79. The first-order chi connectivity index (χ1) is 3.60. The molecule has 0 radical (unpaired) electrons. The van der Waals surface area contributed by atoms with E-state index in [0.29, 0.717) is 5.41 Å². The standard InChI is InChI=1S/C7H15N.ClH/c1-6-4-7(2,3)5-8-6;/h6,8H,4-5H2,1-3H3;1H/t6-;/m0./s1. The number of nitrogens with one attached hydrogen (secondary N) is 1. The Labute approximate surface area is 63.6 Å². The Morgan fingerprint density at radius 2 is 2.00 bits per heavy atom. The van der Waals surface area contributed by atoms with Crippen LogP contribution in [0, 0.1) is 5.41 Å². The van der Waals surface area contributed by atoms with Crippen molar-refractivity contribution in [3.8, 4) is 0 Å². The van der Waals surface area contributed by atoms with Gasteiger partial charge in [-0.25, -0.2) is 0 Å². The molecule has 0 saturated carbocycles. The Bertz CT molecular complexity index is 90.9. The normalized spacial score (nSPS) is 31.7. The SMILES string of the molecule is C[C@H]1CC(C)(C)CN1.Cl. The van der Waals surface area contributed by atoms with E-state index >= 15 is 0 Å². The molecule has 1 N–H and O–H groups in total. The van der Waals surface area contributed by atoms with E-state index in [1.165, 1.54) is 13.0 Å². The van der Waals surface area contributed by atoms with Crippen LogP contribution >= 0.6 is 12.4 Å². The summed E-state index contributed by atoms with van der Waals surface area (Å²) in [6.45, 7) is 8.05. The molecule has 1 aliphatic heterocycles. The van der Waals surface area contributed by atoms with Gasteiger partial charge in [0.25, 0.3) is 0 Å². The first kappa shape index (κ1) is 9.25. The van der Waals surface area contributed by atoms with Crippen molar-refractivity contribution in [2.24, 2.45) is 5.41 Å². The van der Waals surface area contributed by atoms with Crippen molar-refractivity contribution in [3.05, 3.63) is 0 Å². The van der Waals surface area contributed by atoms with Crippen LogP contribution in [0.25, 0.3) is 0 Å². The van der Waals surface area contributed by atoms with Gasteiger partial charge in [-0.1, -0.05) is 13.8 Å². The van der Waals surface area contributed by atoms with E-state index in [1.54, 1.807) is 0 Å². The zero-order valence-corrected chi connectivity index (χ0v) is 7.22. The van der Waals surface area contributed by atoms with E-state index in [1.807, 2.05) is 0 Å². The lowest BCUT2D eigenvalue weighted by molar-refractivity contribution is 0.405. The quantitative estimate of drug-likeness (QED) is 0.554. The Morgan fingerprint density at radius 3 is 2.11 bits per heavy atom. The molecule has 1 fully saturated rings. The molecule has 56 valence electrons. The Morgan fingerprint density at radius 1 is 1.44 bits per heavy atom. The van der Waals surface area contributed by atoms with E-state index in [0.717, 1.165) is 6.04 Å². The average molecular weight is 150 g/mol. The van der Waals surface area contributed by atoms with Crippen molar-refractivity contribution >= 4 is 12.4 Å². The maximum absolute atomic E-state index is 3.41. The summed E-state index contributed by atoms with van der Waals surface area (Å²) in [5, 5.41) is 3.41. The maximum Gasteiger partial charge on any atom is 0.00445 e. The van der Waals surface area contributed by atoms with E-state index in [-0.39, 0.29) is 12.4 Å². The Balaban J connectivity index is 0.000000640. The van der Waals surface area contributed by atoms with Gasteiger partial charge in [-0.15, -0.1) is 12.4 Å². The van der Waals surface area contributed by atoms with Crippen LogP contribution in [-0.4, -0.2) is 12.6 Å². The van der Waals surface area contributed by atoms with Crippen LogP contribution in [0.5, 0.6) is 0 Å². The molecule has 1 saturated heterocycles. The highest BCUT2D eigenvalue weighted by Crippen LogP contribution is 2.26. The lowest BCUT2D eigenvalue weighted by Gasteiger charge is -2.13. The number of hydrogen-bond donors (Lipinski definition) is 1. The van der Waals surface area contributed by atoms with Gasteiger partial charge in [0, 0.05) is 12.6 Å². The fourth-order valence-corrected chi connectivity index (χ4v) is 1.42. The van der Waals surface area contributed by atoms with Gasteiger partial charge in [0.2, 0.25) is 0 Å². The summed E-state index contributed by atoms with van der Waals surface area (Å²) in [5.74, 6) is 0. The number of halogens is 1. The van der Waals surface area contributed by atoms with E-state index < -0.39 is 0 Å². The molecular weight excluding hydrogens is 134 g/mol. The van der Waals surface area contributed by atoms with Crippen molar-refractivity contribution < 1.29 is 0 Å². The second-order valence-electron chi connectivity index (χ2n) is 3.65. The molecule has 2 heteroatoms. The zero-order chi connectivity index (χ0) is 6.20. The second-order valence-corrected chi connectivity index (χ2v) is 3.65. The highest BCUT2D eigenvalue weighted by Gasteiger charge is 2.27. The molecular formula is C7H16ClN. The maximum atomic E-state index is 3.41. The van der Waals surface area contributed by atoms with Gasteiger partial charge in [0.1, 0.15) is 0 Å². The monoisotopic (exact) mass is 149 g/mol. The Hall–Kier alpha value is 0.250. The minimum Gasteiger partial charge on any atom is -0.314 e. The minimum atomic E-state index is 0. The van der Waals surface area contributed by atoms with Gasteiger partial charge in [-0.2, -0.15) is 0 Å². The molecule has 0 spiro atoms. The summed E-state index contributed by atoms with van der Waals surface area (Å²) < 4.78 is 0. The highest BCUT2D eigenvalue weighted by molar-refractivity contribution is 5.85. The predicted molar refractivity (Wildman–Crippen MR) is 43.1 cm³/mol. The van der Waals surface area contributed by atoms with Gasteiger partial charge in [0.15, 0.2) is 0 Å². The third kappa shape index (κ3) is 2.55. The summed E-state index contributed by atoms with van der Waals surface area (Å²) in [6, 6.07) is 0.741. The first-order valence-electron chi connectivity index (χ1n) is 3.33. The van der Waals surface area contributed by atoms with Crippen LogP contribution in [0.4, 0.5) is 0 Å². The molecule has 0 aromatic carbocycles. The van der Waals surface area contributed by atoms with Crippen molar-refractivity contribution in [1.82, 2.24) is 5.32 Å². The van der Waals surface area contributed by atoms with Crippen LogP contribution in [0.3, 0.4) is 0 Å². The van der Waals surface area contributed by atoms with Crippen LogP contribution in [-0.2, 0) is 0 Å². The minimum absolute atomic E-state index is 0. The summed E-state index contributed by atoms with van der Waals surface area (Å²) in [5.41, 5.74) is 0.555. The molecule has 1 heterocycles. The molecule has 0 unspecified atom stereocenters. The highest BCUT2D eigenvalue weighted by atomic mass is 35.5. The second kappa shape index (κ2) is 2.89. The molecule has 1 rings (SSSR count). The van der Waals surface area contributed by atoms with E-state index in [2.05, 4.69) is 26.1 Å². The molecule has 1 atom stereocenters. The molecule has 0 bridgehead atoms. The summed E-state index contributed by atoms with van der Waals surface area (Å²) >= 11 is 0. The van der Waals surface area contributed by atoms with Gasteiger partial charge < -0.3 is 5.32 Å². The van der Waals surface area contributed by atoms with E-state index in [9.17, 15) is 0 Å². The van der Waals surface area contributed by atoms with Crippen LogP contribution in [0.15, 0.2) is 0 Å². The molecule has 0 amide bonds. The summed E-state index contributed by atoms with van der Waals surface area (Å²) in [4.78, 5) is 0.